The van der Waals surface area contributed by atoms with Gasteiger partial charge in [-0.3, -0.25) is 4.79 Å². The highest BCUT2D eigenvalue weighted by atomic mass is 32.2. The molecular weight excluding hydrogens is 300 g/mol. The van der Waals surface area contributed by atoms with Gasteiger partial charge in [-0.25, -0.2) is 8.42 Å². The molecule has 2 rings (SSSR count). The fourth-order valence-electron chi connectivity index (χ4n) is 1.83. The fraction of sp³-hybridized carbons (Fsp3) is 0.364. The summed E-state index contributed by atoms with van der Waals surface area (Å²) in [5.74, 6) is -0.523. The van der Waals surface area contributed by atoms with Crippen LogP contribution in [0.3, 0.4) is 0 Å². The smallest absolute Gasteiger partial charge is 0.263 e. The van der Waals surface area contributed by atoms with E-state index in [4.69, 9.17) is 5.73 Å². The second-order valence-corrected chi connectivity index (χ2v) is 7.75. The molecule has 7 nitrogen and oxygen atoms in total. The Labute approximate surface area is 120 Å². The zero-order valence-corrected chi connectivity index (χ0v) is 12.6. The molecule has 0 aliphatic rings. The number of sulfone groups is 1. The first kappa shape index (κ1) is 14.7. The van der Waals surface area contributed by atoms with Crippen molar-refractivity contribution in [2.75, 3.05) is 17.7 Å². The molecule has 2 heterocycles. The van der Waals surface area contributed by atoms with Gasteiger partial charge in [0.25, 0.3) is 5.91 Å². The molecule has 0 spiro atoms. The SMILES string of the molecule is CC(CS(C)(=O)=O)NC(=O)c1sc2nnccc2c1N. The molecule has 3 N–H and O–H groups in total. The maximum atomic E-state index is 12.1. The van der Waals surface area contributed by atoms with E-state index in [0.717, 1.165) is 17.6 Å². The monoisotopic (exact) mass is 314 g/mol. The third-order valence-electron chi connectivity index (χ3n) is 2.56. The van der Waals surface area contributed by atoms with E-state index in [9.17, 15) is 13.2 Å². The number of aromatic nitrogens is 2. The van der Waals surface area contributed by atoms with E-state index in [1.54, 1.807) is 13.0 Å². The fourth-order valence-corrected chi connectivity index (χ4v) is 3.76. The van der Waals surface area contributed by atoms with Crippen LogP contribution in [0.25, 0.3) is 10.2 Å². The number of amides is 1. The topological polar surface area (TPSA) is 115 Å². The maximum Gasteiger partial charge on any atom is 0.263 e. The van der Waals surface area contributed by atoms with Crippen molar-refractivity contribution in [3.63, 3.8) is 0 Å². The highest BCUT2D eigenvalue weighted by Crippen LogP contribution is 2.31. The van der Waals surface area contributed by atoms with E-state index in [0.29, 0.717) is 20.8 Å². The van der Waals surface area contributed by atoms with Crippen molar-refractivity contribution in [1.82, 2.24) is 15.5 Å². The lowest BCUT2D eigenvalue weighted by Crippen LogP contribution is -2.37. The summed E-state index contributed by atoms with van der Waals surface area (Å²) >= 11 is 1.13. The average Bonchev–Trinajstić information content (AvgIpc) is 2.65. The molecule has 1 amide bonds. The minimum Gasteiger partial charge on any atom is -0.397 e. The van der Waals surface area contributed by atoms with Crippen LogP contribution in [-0.2, 0) is 9.84 Å². The number of nitrogens with two attached hydrogens (primary N) is 1. The van der Waals surface area contributed by atoms with Gasteiger partial charge < -0.3 is 11.1 Å². The first-order chi connectivity index (χ1) is 9.28. The molecule has 1 unspecified atom stereocenters. The lowest BCUT2D eigenvalue weighted by molar-refractivity contribution is 0.0948. The predicted molar refractivity (Wildman–Crippen MR) is 78.5 cm³/mol. The van der Waals surface area contributed by atoms with Crippen LogP contribution in [0.1, 0.15) is 16.6 Å². The number of anilines is 1. The van der Waals surface area contributed by atoms with Crippen molar-refractivity contribution in [2.24, 2.45) is 0 Å². The molecule has 2 aromatic heterocycles. The van der Waals surface area contributed by atoms with Crippen molar-refractivity contribution in [1.29, 1.82) is 0 Å². The minimum atomic E-state index is -3.15. The molecule has 0 saturated heterocycles. The van der Waals surface area contributed by atoms with Crippen LogP contribution in [0.2, 0.25) is 0 Å². The standard InChI is InChI=1S/C11H14N4O3S2/c1-6(5-20(2,17)18)14-10(16)9-8(12)7-3-4-13-15-11(7)19-9/h3-4,6H,5,12H2,1-2H3,(H,14,16). The number of thiophene rings is 1. The van der Waals surface area contributed by atoms with Gasteiger partial charge in [0.1, 0.15) is 19.5 Å². The summed E-state index contributed by atoms with van der Waals surface area (Å²) in [7, 11) is -3.15. The lowest BCUT2D eigenvalue weighted by Gasteiger charge is -2.12. The number of nitrogen functional groups attached to an aromatic ring is 1. The van der Waals surface area contributed by atoms with Crippen molar-refractivity contribution in [3.05, 3.63) is 17.1 Å². The van der Waals surface area contributed by atoms with E-state index < -0.39 is 21.8 Å². The average molecular weight is 314 g/mol. The van der Waals surface area contributed by atoms with Crippen LogP contribution < -0.4 is 11.1 Å². The van der Waals surface area contributed by atoms with Crippen LogP contribution in [0.5, 0.6) is 0 Å². The Kier molecular flexibility index (Phi) is 3.91. The van der Waals surface area contributed by atoms with Gasteiger partial charge in [0, 0.05) is 17.7 Å². The van der Waals surface area contributed by atoms with Gasteiger partial charge >= 0.3 is 0 Å². The Hall–Kier alpha value is -1.74. The Morgan fingerprint density at radius 3 is 2.85 bits per heavy atom. The van der Waals surface area contributed by atoms with Gasteiger partial charge in [0.15, 0.2) is 0 Å². The highest BCUT2D eigenvalue weighted by Gasteiger charge is 2.20. The Morgan fingerprint density at radius 2 is 2.25 bits per heavy atom. The molecule has 0 radical (unpaired) electrons. The lowest BCUT2D eigenvalue weighted by atomic mass is 10.2. The molecule has 108 valence electrons. The zero-order chi connectivity index (χ0) is 14.9. The first-order valence-electron chi connectivity index (χ1n) is 5.76. The molecule has 2 aromatic rings. The molecule has 0 saturated carbocycles. The quantitative estimate of drug-likeness (QED) is 0.846. The van der Waals surface area contributed by atoms with Crippen molar-refractivity contribution in [2.45, 2.75) is 13.0 Å². The molecule has 0 aromatic carbocycles. The molecule has 0 fully saturated rings. The van der Waals surface area contributed by atoms with Gasteiger partial charge in [-0.2, -0.15) is 5.10 Å². The molecular formula is C11H14N4O3S2. The largest absolute Gasteiger partial charge is 0.397 e. The third-order valence-corrected chi connectivity index (χ3v) is 4.77. The third kappa shape index (κ3) is 3.23. The summed E-state index contributed by atoms with van der Waals surface area (Å²) in [5.41, 5.74) is 6.24. The summed E-state index contributed by atoms with van der Waals surface area (Å²) < 4.78 is 22.4. The van der Waals surface area contributed by atoms with E-state index in [2.05, 4.69) is 15.5 Å². The Balaban J connectivity index is 2.22. The van der Waals surface area contributed by atoms with Crippen LogP contribution >= 0.6 is 11.3 Å². The van der Waals surface area contributed by atoms with E-state index in [-0.39, 0.29) is 5.75 Å². The van der Waals surface area contributed by atoms with Crippen LogP contribution in [0.4, 0.5) is 5.69 Å². The van der Waals surface area contributed by atoms with Gasteiger partial charge in [-0.05, 0) is 13.0 Å². The van der Waals surface area contributed by atoms with Gasteiger partial charge in [-0.1, -0.05) is 0 Å². The number of rotatable bonds is 4. The normalized spacial score (nSPS) is 13.3. The van der Waals surface area contributed by atoms with E-state index in [1.807, 2.05) is 0 Å². The summed E-state index contributed by atoms with van der Waals surface area (Å²) in [6.45, 7) is 1.63. The van der Waals surface area contributed by atoms with Crippen LogP contribution in [0, 0.1) is 0 Å². The summed E-state index contributed by atoms with van der Waals surface area (Å²) in [6.07, 6.45) is 2.62. The first-order valence-corrected chi connectivity index (χ1v) is 8.64. The maximum absolute atomic E-state index is 12.1. The molecule has 0 aliphatic carbocycles. The van der Waals surface area contributed by atoms with Gasteiger partial charge in [0.2, 0.25) is 0 Å². The molecule has 1 atom stereocenters. The zero-order valence-electron chi connectivity index (χ0n) is 11.0. The Morgan fingerprint density at radius 1 is 1.55 bits per heavy atom. The van der Waals surface area contributed by atoms with Crippen LogP contribution in [0.15, 0.2) is 12.3 Å². The highest BCUT2D eigenvalue weighted by molar-refractivity contribution is 7.90. The Bertz CT molecular complexity index is 754. The number of carbonyl (C=O) groups is 1. The minimum absolute atomic E-state index is 0.122. The summed E-state index contributed by atoms with van der Waals surface area (Å²) in [6, 6.07) is 1.19. The van der Waals surface area contributed by atoms with Crippen LogP contribution in [-0.4, -0.2) is 42.6 Å². The summed E-state index contributed by atoms with van der Waals surface area (Å²) in [4.78, 5) is 13.0. The number of nitrogens with zero attached hydrogens (tertiary/aromatic N) is 2. The van der Waals surface area contributed by atoms with Crippen molar-refractivity contribution >= 4 is 43.0 Å². The number of hydrogen-bond acceptors (Lipinski definition) is 7. The number of hydrogen-bond donors (Lipinski definition) is 2. The van der Waals surface area contributed by atoms with E-state index >= 15 is 0 Å². The summed E-state index contributed by atoms with van der Waals surface area (Å²) in [5, 5.41) is 10.9. The molecule has 0 aliphatic heterocycles. The van der Waals surface area contributed by atoms with Crippen molar-refractivity contribution in [3.8, 4) is 0 Å². The second-order valence-electron chi connectivity index (χ2n) is 4.56. The number of fused-ring (bicyclic) bond motifs is 1. The van der Waals surface area contributed by atoms with Gasteiger partial charge in [0.05, 0.1) is 17.6 Å². The molecule has 9 heteroatoms. The number of carbonyl (C=O) groups excluding carboxylic acids is 1. The molecule has 0 bridgehead atoms. The van der Waals surface area contributed by atoms with Gasteiger partial charge in [-0.15, -0.1) is 16.4 Å². The second kappa shape index (κ2) is 5.33. The number of nitrogens with one attached hydrogen (secondary N) is 1. The molecule has 20 heavy (non-hydrogen) atoms. The predicted octanol–water partition coefficient (Wildman–Crippen LogP) is 0.436. The van der Waals surface area contributed by atoms with E-state index in [1.165, 1.54) is 6.20 Å². The van der Waals surface area contributed by atoms with Crippen molar-refractivity contribution < 1.29 is 13.2 Å².